The first kappa shape index (κ1) is 15.9. The molecule has 0 unspecified atom stereocenters. The summed E-state index contributed by atoms with van der Waals surface area (Å²) in [6.07, 6.45) is 6.06. The van der Waals surface area contributed by atoms with Crippen LogP contribution in [0.25, 0.3) is 10.9 Å². The van der Waals surface area contributed by atoms with Crippen molar-refractivity contribution in [1.29, 1.82) is 0 Å². The average Bonchev–Trinajstić information content (AvgIpc) is 3.12. The van der Waals surface area contributed by atoms with Crippen LogP contribution in [0.4, 0.5) is 0 Å². The number of imidazole rings is 1. The van der Waals surface area contributed by atoms with Gasteiger partial charge in [-0.15, -0.1) is 0 Å². The van der Waals surface area contributed by atoms with E-state index < -0.39 is 5.91 Å². The maximum Gasteiger partial charge on any atom is 0.275 e. The molecule has 3 rings (SSSR count). The molecule has 1 N–H and O–H groups in total. The lowest BCUT2D eigenvalue weighted by Gasteiger charge is -2.10. The van der Waals surface area contributed by atoms with Crippen molar-refractivity contribution >= 4 is 16.8 Å². The molecule has 0 aliphatic rings. The van der Waals surface area contributed by atoms with Crippen molar-refractivity contribution in [3.05, 3.63) is 58.9 Å². The lowest BCUT2D eigenvalue weighted by molar-refractivity contribution is 0.0944. The van der Waals surface area contributed by atoms with Gasteiger partial charge in [-0.3, -0.25) is 14.3 Å². The lowest BCUT2D eigenvalue weighted by atomic mass is 10.2. The standard InChI is InChI=1S/C17H19N5O2/c1-2-22-14-7-4-3-6-13(14)16(23)15(20-22)17(24)19-8-5-10-21-11-9-18-12-21/h3-4,6-7,9,11-12H,2,5,8,10H2,1H3,(H,19,24). The fraction of sp³-hybridized carbons (Fsp3) is 0.294. The van der Waals surface area contributed by atoms with E-state index in [4.69, 9.17) is 0 Å². The van der Waals surface area contributed by atoms with E-state index in [9.17, 15) is 9.59 Å². The zero-order chi connectivity index (χ0) is 16.9. The minimum Gasteiger partial charge on any atom is -0.350 e. The SMILES string of the molecule is CCn1nc(C(=O)NCCCn2ccnc2)c(=O)c2ccccc21. The molecule has 2 aromatic heterocycles. The number of carbonyl (C=O) groups excluding carboxylic acids is 1. The fourth-order valence-corrected chi connectivity index (χ4v) is 2.59. The van der Waals surface area contributed by atoms with E-state index in [1.54, 1.807) is 29.3 Å². The van der Waals surface area contributed by atoms with Crippen molar-refractivity contribution in [2.24, 2.45) is 0 Å². The molecule has 0 aliphatic carbocycles. The number of fused-ring (bicyclic) bond motifs is 1. The number of nitrogens with one attached hydrogen (secondary N) is 1. The van der Waals surface area contributed by atoms with Gasteiger partial charge in [0.2, 0.25) is 5.43 Å². The van der Waals surface area contributed by atoms with Crippen LogP contribution in [0.1, 0.15) is 23.8 Å². The minimum atomic E-state index is -0.432. The van der Waals surface area contributed by atoms with Crippen molar-refractivity contribution in [2.75, 3.05) is 6.54 Å². The van der Waals surface area contributed by atoms with Gasteiger partial charge in [-0.05, 0) is 25.5 Å². The van der Waals surface area contributed by atoms with Crippen molar-refractivity contribution in [1.82, 2.24) is 24.6 Å². The van der Waals surface area contributed by atoms with E-state index in [1.165, 1.54) is 0 Å². The molecule has 124 valence electrons. The van der Waals surface area contributed by atoms with Crippen molar-refractivity contribution < 1.29 is 4.79 Å². The van der Waals surface area contributed by atoms with Gasteiger partial charge in [0, 0.05) is 37.4 Å². The topological polar surface area (TPSA) is 81.8 Å². The molecule has 0 aliphatic heterocycles. The summed E-state index contributed by atoms with van der Waals surface area (Å²) in [5, 5.41) is 7.51. The second-order valence-electron chi connectivity index (χ2n) is 5.42. The summed E-state index contributed by atoms with van der Waals surface area (Å²) in [4.78, 5) is 28.8. The van der Waals surface area contributed by atoms with Crippen LogP contribution in [0.2, 0.25) is 0 Å². The molecule has 1 amide bonds. The van der Waals surface area contributed by atoms with E-state index in [0.29, 0.717) is 18.5 Å². The van der Waals surface area contributed by atoms with E-state index >= 15 is 0 Å². The predicted octanol–water partition coefficient (Wildman–Crippen LogP) is 1.43. The molecule has 0 fully saturated rings. The van der Waals surface area contributed by atoms with Crippen molar-refractivity contribution in [2.45, 2.75) is 26.4 Å². The third-order valence-electron chi connectivity index (χ3n) is 3.81. The Hall–Kier alpha value is -2.96. The van der Waals surface area contributed by atoms with Gasteiger partial charge in [0.25, 0.3) is 5.91 Å². The first-order valence-corrected chi connectivity index (χ1v) is 7.94. The minimum absolute atomic E-state index is 0.0572. The van der Waals surface area contributed by atoms with Gasteiger partial charge >= 0.3 is 0 Å². The van der Waals surface area contributed by atoms with E-state index in [0.717, 1.165) is 18.5 Å². The molecule has 0 radical (unpaired) electrons. The van der Waals surface area contributed by atoms with Crippen LogP contribution in [0.5, 0.6) is 0 Å². The van der Waals surface area contributed by atoms with Crippen LogP contribution in [0.3, 0.4) is 0 Å². The third kappa shape index (κ3) is 3.19. The quantitative estimate of drug-likeness (QED) is 0.695. The molecular formula is C17H19N5O2. The molecule has 0 atom stereocenters. The smallest absolute Gasteiger partial charge is 0.275 e. The molecule has 0 spiro atoms. The predicted molar refractivity (Wildman–Crippen MR) is 90.9 cm³/mol. The Balaban J connectivity index is 1.74. The molecular weight excluding hydrogens is 306 g/mol. The number of rotatable bonds is 6. The maximum absolute atomic E-state index is 12.5. The molecule has 0 saturated heterocycles. The summed E-state index contributed by atoms with van der Waals surface area (Å²) in [5.74, 6) is -0.432. The number of aromatic nitrogens is 4. The summed E-state index contributed by atoms with van der Waals surface area (Å²) >= 11 is 0. The van der Waals surface area contributed by atoms with Crippen LogP contribution in [-0.2, 0) is 13.1 Å². The zero-order valence-electron chi connectivity index (χ0n) is 13.5. The molecule has 0 bridgehead atoms. The average molecular weight is 325 g/mol. The normalized spacial score (nSPS) is 10.9. The van der Waals surface area contributed by atoms with Crippen LogP contribution < -0.4 is 10.7 Å². The summed E-state index contributed by atoms with van der Waals surface area (Å²) in [6.45, 7) is 3.74. The number of aryl methyl sites for hydroxylation is 2. The highest BCUT2D eigenvalue weighted by atomic mass is 16.2. The van der Waals surface area contributed by atoms with Gasteiger partial charge in [-0.1, -0.05) is 12.1 Å². The van der Waals surface area contributed by atoms with Crippen LogP contribution in [-0.4, -0.2) is 31.8 Å². The van der Waals surface area contributed by atoms with Crippen LogP contribution in [0, 0.1) is 0 Å². The molecule has 7 heteroatoms. The second kappa shape index (κ2) is 7.08. The Morgan fingerprint density at radius 3 is 2.88 bits per heavy atom. The highest BCUT2D eigenvalue weighted by Gasteiger charge is 2.16. The molecule has 7 nitrogen and oxygen atoms in total. The number of para-hydroxylation sites is 1. The Kier molecular flexibility index (Phi) is 4.69. The molecule has 3 aromatic rings. The number of hydrogen-bond donors (Lipinski definition) is 1. The van der Waals surface area contributed by atoms with Crippen LogP contribution in [0.15, 0.2) is 47.8 Å². The highest BCUT2D eigenvalue weighted by molar-refractivity contribution is 5.95. The van der Waals surface area contributed by atoms with Crippen molar-refractivity contribution in [3.63, 3.8) is 0 Å². The maximum atomic E-state index is 12.5. The van der Waals surface area contributed by atoms with Gasteiger partial charge < -0.3 is 9.88 Å². The van der Waals surface area contributed by atoms with Gasteiger partial charge in [-0.25, -0.2) is 4.98 Å². The van der Waals surface area contributed by atoms with E-state index in [2.05, 4.69) is 15.4 Å². The molecule has 2 heterocycles. The van der Waals surface area contributed by atoms with Gasteiger partial charge in [0.15, 0.2) is 5.69 Å². The summed E-state index contributed by atoms with van der Waals surface area (Å²) < 4.78 is 3.61. The molecule has 1 aromatic carbocycles. The first-order chi connectivity index (χ1) is 11.7. The van der Waals surface area contributed by atoms with Gasteiger partial charge in [0.05, 0.1) is 11.8 Å². The number of hydrogen-bond acceptors (Lipinski definition) is 4. The number of nitrogens with zero attached hydrogens (tertiary/aromatic N) is 4. The number of amides is 1. The van der Waals surface area contributed by atoms with Gasteiger partial charge in [-0.2, -0.15) is 5.10 Å². The summed E-state index contributed by atoms with van der Waals surface area (Å²) in [5.41, 5.74) is 0.349. The largest absolute Gasteiger partial charge is 0.350 e. The third-order valence-corrected chi connectivity index (χ3v) is 3.81. The Bertz CT molecular complexity index is 899. The Morgan fingerprint density at radius 2 is 2.12 bits per heavy atom. The van der Waals surface area contributed by atoms with E-state index in [-0.39, 0.29) is 11.1 Å². The summed E-state index contributed by atoms with van der Waals surface area (Å²) in [6, 6.07) is 7.20. The van der Waals surface area contributed by atoms with E-state index in [1.807, 2.05) is 29.8 Å². The highest BCUT2D eigenvalue weighted by Crippen LogP contribution is 2.09. The number of carbonyl (C=O) groups is 1. The molecule has 0 saturated carbocycles. The number of benzene rings is 1. The second-order valence-corrected chi connectivity index (χ2v) is 5.42. The monoisotopic (exact) mass is 325 g/mol. The molecule has 24 heavy (non-hydrogen) atoms. The van der Waals surface area contributed by atoms with Gasteiger partial charge in [0.1, 0.15) is 0 Å². The summed E-state index contributed by atoms with van der Waals surface area (Å²) in [7, 11) is 0. The Labute approximate surface area is 138 Å². The Morgan fingerprint density at radius 1 is 1.29 bits per heavy atom. The first-order valence-electron chi connectivity index (χ1n) is 7.94. The van der Waals surface area contributed by atoms with Crippen molar-refractivity contribution in [3.8, 4) is 0 Å². The fourth-order valence-electron chi connectivity index (χ4n) is 2.59. The zero-order valence-corrected chi connectivity index (χ0v) is 13.5. The van der Waals surface area contributed by atoms with Crippen LogP contribution >= 0.6 is 0 Å². The lowest BCUT2D eigenvalue weighted by Crippen LogP contribution is -2.33.